The zero-order valence-electron chi connectivity index (χ0n) is 9.12. The minimum atomic E-state index is 0.766. The number of aromatic nitrogens is 1. The number of unbranched alkanes of at least 4 members (excludes halogenated alkanes) is 1. The fraction of sp³-hybridized carbons (Fsp3) is 0.308. The Morgan fingerprint density at radius 2 is 2.06 bits per heavy atom. The van der Waals surface area contributed by atoms with Gasteiger partial charge in [-0.2, -0.15) is 0 Å². The van der Waals surface area contributed by atoms with Crippen molar-refractivity contribution in [2.45, 2.75) is 19.3 Å². The Balaban J connectivity index is 2.35. The van der Waals surface area contributed by atoms with Crippen molar-refractivity contribution in [3.63, 3.8) is 0 Å². The van der Waals surface area contributed by atoms with Gasteiger partial charge in [-0.15, -0.1) is 0 Å². The Morgan fingerprint density at radius 1 is 1.19 bits per heavy atom. The lowest BCUT2D eigenvalue weighted by Gasteiger charge is -2.06. The first kappa shape index (κ1) is 11.6. The maximum absolute atomic E-state index is 5.51. The third-order valence-corrected chi connectivity index (χ3v) is 3.39. The lowest BCUT2D eigenvalue weighted by Crippen LogP contribution is -1.99. The Hall–Kier alpha value is -0.930. The third-order valence-electron chi connectivity index (χ3n) is 2.70. The van der Waals surface area contributed by atoms with Crippen LogP contribution >= 0.6 is 15.9 Å². The molecule has 0 unspecified atom stereocenters. The molecule has 2 rings (SSSR count). The van der Waals surface area contributed by atoms with Crippen molar-refractivity contribution in [1.29, 1.82) is 0 Å². The van der Waals surface area contributed by atoms with E-state index in [1.807, 2.05) is 12.3 Å². The van der Waals surface area contributed by atoms with Gasteiger partial charge in [0.2, 0.25) is 0 Å². The Kier molecular flexibility index (Phi) is 3.91. The first-order valence-corrected chi connectivity index (χ1v) is 6.34. The molecule has 0 aliphatic carbocycles. The second kappa shape index (κ2) is 5.41. The number of hydrogen-bond donors (Lipinski definition) is 1. The standard InChI is InChI=1S/C13H15BrN2/c14-12-7-6-10(4-1-2-8-15)13-11(12)5-3-9-16-13/h3,5-7,9H,1-2,4,8,15H2. The van der Waals surface area contributed by atoms with Crippen LogP contribution in [0.25, 0.3) is 10.9 Å². The number of pyridine rings is 1. The largest absolute Gasteiger partial charge is 0.330 e. The average molecular weight is 279 g/mol. The van der Waals surface area contributed by atoms with Crippen LogP contribution in [0.15, 0.2) is 34.9 Å². The zero-order chi connectivity index (χ0) is 11.4. The van der Waals surface area contributed by atoms with Gasteiger partial charge in [-0.1, -0.05) is 28.1 Å². The van der Waals surface area contributed by atoms with Crippen LogP contribution in [0.5, 0.6) is 0 Å². The van der Waals surface area contributed by atoms with Gasteiger partial charge in [0.15, 0.2) is 0 Å². The van der Waals surface area contributed by atoms with E-state index in [0.29, 0.717) is 0 Å². The van der Waals surface area contributed by atoms with Crippen molar-refractivity contribution in [3.8, 4) is 0 Å². The second-order valence-corrected chi connectivity index (χ2v) is 4.71. The predicted octanol–water partition coefficient (Wildman–Crippen LogP) is 3.28. The fourth-order valence-corrected chi connectivity index (χ4v) is 2.31. The number of hydrogen-bond acceptors (Lipinski definition) is 2. The molecule has 2 aromatic rings. The highest BCUT2D eigenvalue weighted by Gasteiger charge is 2.04. The molecule has 1 aromatic carbocycles. The highest BCUT2D eigenvalue weighted by molar-refractivity contribution is 9.10. The van der Waals surface area contributed by atoms with Gasteiger partial charge in [0.25, 0.3) is 0 Å². The van der Waals surface area contributed by atoms with Crippen LogP contribution in [0, 0.1) is 0 Å². The first-order chi connectivity index (χ1) is 7.83. The van der Waals surface area contributed by atoms with Crippen molar-refractivity contribution in [3.05, 3.63) is 40.5 Å². The summed E-state index contributed by atoms with van der Waals surface area (Å²) in [6.07, 6.45) is 5.10. The minimum Gasteiger partial charge on any atom is -0.330 e. The summed E-state index contributed by atoms with van der Waals surface area (Å²) in [4.78, 5) is 4.46. The highest BCUT2D eigenvalue weighted by atomic mass is 79.9. The van der Waals surface area contributed by atoms with Crippen molar-refractivity contribution in [2.75, 3.05) is 6.54 Å². The molecule has 0 aliphatic rings. The summed E-state index contributed by atoms with van der Waals surface area (Å²) >= 11 is 3.55. The van der Waals surface area contributed by atoms with E-state index in [0.717, 1.165) is 35.8 Å². The molecule has 0 amide bonds. The summed E-state index contributed by atoms with van der Waals surface area (Å²) in [5.74, 6) is 0. The summed E-state index contributed by atoms with van der Waals surface area (Å²) in [6, 6.07) is 8.31. The Morgan fingerprint density at radius 3 is 2.88 bits per heavy atom. The normalized spacial score (nSPS) is 10.9. The maximum Gasteiger partial charge on any atom is 0.0745 e. The number of aryl methyl sites for hydroxylation is 1. The van der Waals surface area contributed by atoms with Crippen molar-refractivity contribution in [2.24, 2.45) is 5.73 Å². The number of rotatable bonds is 4. The molecule has 3 heteroatoms. The molecule has 16 heavy (non-hydrogen) atoms. The van der Waals surface area contributed by atoms with Crippen LogP contribution < -0.4 is 5.73 Å². The molecule has 0 aliphatic heterocycles. The lowest BCUT2D eigenvalue weighted by molar-refractivity contribution is 0.746. The van der Waals surface area contributed by atoms with Crippen molar-refractivity contribution in [1.82, 2.24) is 4.98 Å². The minimum absolute atomic E-state index is 0.766. The first-order valence-electron chi connectivity index (χ1n) is 5.55. The molecule has 0 saturated carbocycles. The molecule has 0 spiro atoms. The molecule has 1 aromatic heterocycles. The van der Waals surface area contributed by atoms with E-state index in [1.54, 1.807) is 0 Å². The van der Waals surface area contributed by atoms with Gasteiger partial charge in [0, 0.05) is 16.1 Å². The molecule has 0 saturated heterocycles. The van der Waals surface area contributed by atoms with Gasteiger partial charge >= 0.3 is 0 Å². The molecule has 84 valence electrons. The number of nitrogens with zero attached hydrogens (tertiary/aromatic N) is 1. The van der Waals surface area contributed by atoms with E-state index in [4.69, 9.17) is 5.73 Å². The van der Waals surface area contributed by atoms with E-state index in [1.165, 1.54) is 10.9 Å². The van der Waals surface area contributed by atoms with Gasteiger partial charge in [-0.25, -0.2) is 0 Å². The van der Waals surface area contributed by atoms with Crippen LogP contribution in [-0.4, -0.2) is 11.5 Å². The van der Waals surface area contributed by atoms with E-state index < -0.39 is 0 Å². The predicted molar refractivity (Wildman–Crippen MR) is 71.4 cm³/mol. The monoisotopic (exact) mass is 278 g/mol. The van der Waals surface area contributed by atoms with Gasteiger partial charge in [-0.3, -0.25) is 4.98 Å². The van der Waals surface area contributed by atoms with Gasteiger partial charge in [0.05, 0.1) is 5.52 Å². The SMILES string of the molecule is NCCCCc1ccc(Br)c2cccnc12. The summed E-state index contributed by atoms with van der Waals surface area (Å²) in [5.41, 5.74) is 7.92. The summed E-state index contributed by atoms with van der Waals surface area (Å²) in [7, 11) is 0. The summed E-state index contributed by atoms with van der Waals surface area (Å²) in [6.45, 7) is 0.766. The zero-order valence-corrected chi connectivity index (χ0v) is 10.7. The molecule has 0 bridgehead atoms. The quantitative estimate of drug-likeness (QED) is 0.872. The van der Waals surface area contributed by atoms with E-state index in [9.17, 15) is 0 Å². The molecule has 0 atom stereocenters. The Bertz CT molecular complexity index is 482. The maximum atomic E-state index is 5.51. The van der Waals surface area contributed by atoms with Crippen LogP contribution in [0.4, 0.5) is 0 Å². The third kappa shape index (κ3) is 2.42. The number of halogens is 1. The topological polar surface area (TPSA) is 38.9 Å². The van der Waals surface area contributed by atoms with Crippen molar-refractivity contribution < 1.29 is 0 Å². The number of fused-ring (bicyclic) bond motifs is 1. The van der Waals surface area contributed by atoms with Crippen molar-refractivity contribution >= 4 is 26.8 Å². The lowest BCUT2D eigenvalue weighted by atomic mass is 10.0. The molecular formula is C13H15BrN2. The number of nitrogens with two attached hydrogens (primary N) is 1. The second-order valence-electron chi connectivity index (χ2n) is 3.85. The Labute approximate surface area is 104 Å². The molecule has 1 heterocycles. The molecule has 0 fully saturated rings. The fourth-order valence-electron chi connectivity index (χ4n) is 1.86. The highest BCUT2D eigenvalue weighted by Crippen LogP contribution is 2.25. The van der Waals surface area contributed by atoms with E-state index in [-0.39, 0.29) is 0 Å². The van der Waals surface area contributed by atoms with Gasteiger partial charge in [0.1, 0.15) is 0 Å². The van der Waals surface area contributed by atoms with E-state index in [2.05, 4.69) is 39.1 Å². The molecule has 0 radical (unpaired) electrons. The molecular weight excluding hydrogens is 264 g/mol. The van der Waals surface area contributed by atoms with Crippen LogP contribution in [0.1, 0.15) is 18.4 Å². The van der Waals surface area contributed by atoms with Gasteiger partial charge < -0.3 is 5.73 Å². The summed E-state index contributed by atoms with van der Waals surface area (Å²) in [5, 5.41) is 1.19. The van der Waals surface area contributed by atoms with Crippen LogP contribution in [0.2, 0.25) is 0 Å². The van der Waals surface area contributed by atoms with Gasteiger partial charge in [-0.05, 0) is 43.5 Å². The van der Waals surface area contributed by atoms with Crippen LogP contribution in [-0.2, 0) is 6.42 Å². The summed E-state index contributed by atoms with van der Waals surface area (Å²) < 4.78 is 1.11. The van der Waals surface area contributed by atoms with E-state index >= 15 is 0 Å². The molecule has 2 N–H and O–H groups in total. The van der Waals surface area contributed by atoms with Crippen LogP contribution in [0.3, 0.4) is 0 Å². The smallest absolute Gasteiger partial charge is 0.0745 e. The number of benzene rings is 1. The average Bonchev–Trinajstić information content (AvgIpc) is 2.33. The molecule has 2 nitrogen and oxygen atoms in total.